The van der Waals surface area contributed by atoms with Gasteiger partial charge in [-0.25, -0.2) is 4.98 Å². The average Bonchev–Trinajstić information content (AvgIpc) is 2.61. The van der Waals surface area contributed by atoms with E-state index in [0.29, 0.717) is 0 Å². The summed E-state index contributed by atoms with van der Waals surface area (Å²) in [4.78, 5) is 11.1. The van der Waals surface area contributed by atoms with Crippen molar-refractivity contribution in [3.63, 3.8) is 0 Å². The Morgan fingerprint density at radius 3 is 1.95 bits per heavy atom. The Hall–Kier alpha value is -1.14. The second-order valence-electron chi connectivity index (χ2n) is 6.06. The largest absolute Gasteiger partial charge is 0.516 e. The van der Waals surface area contributed by atoms with Crippen molar-refractivity contribution in [2.45, 2.75) is 52.7 Å². The lowest BCUT2D eigenvalue weighted by Gasteiger charge is -2.32. The molecule has 0 aliphatic carbocycles. The molecule has 6 heteroatoms. The smallest absolute Gasteiger partial charge is 0.398 e. The molecule has 1 aliphatic rings. The molecule has 110 valence electrons. The molecule has 1 aromatic heterocycles. The molecule has 1 saturated heterocycles. The Bertz CT molecular complexity index is 442. The van der Waals surface area contributed by atoms with Gasteiger partial charge in [0.05, 0.1) is 23.0 Å². The molecule has 1 aliphatic heterocycles. The summed E-state index contributed by atoms with van der Waals surface area (Å²) in [6.07, 6.45) is 3.53. The molecule has 0 unspecified atom stereocenters. The Balaban J connectivity index is 2.16. The maximum atomic E-state index is 5.96. The lowest BCUT2D eigenvalue weighted by atomic mass is 9.85. The van der Waals surface area contributed by atoms with Crippen molar-refractivity contribution in [2.24, 2.45) is 0 Å². The van der Waals surface area contributed by atoms with Crippen LogP contribution in [-0.4, -0.2) is 41.4 Å². The number of hydrogen-bond donors (Lipinski definition) is 0. The van der Waals surface area contributed by atoms with Gasteiger partial charge in [-0.15, -0.1) is 0 Å². The summed E-state index contributed by atoms with van der Waals surface area (Å²) >= 11 is 0. The number of hydrogen-bond acceptors (Lipinski definition) is 5. The highest BCUT2D eigenvalue weighted by Gasteiger charge is 2.52. The molecule has 0 bridgehead atoms. The molecule has 0 saturated carbocycles. The first-order valence-electron chi connectivity index (χ1n) is 7.23. The van der Waals surface area contributed by atoms with Crippen LogP contribution in [-0.2, 0) is 9.31 Å². The minimum Gasteiger partial charge on any atom is -0.398 e. The summed E-state index contributed by atoms with van der Waals surface area (Å²) in [6, 6.07) is 0. The maximum Gasteiger partial charge on any atom is 0.516 e. The minimum absolute atomic E-state index is 0.350. The van der Waals surface area contributed by atoms with Crippen molar-refractivity contribution in [3.05, 3.63) is 12.4 Å². The second kappa shape index (κ2) is 5.33. The van der Waals surface area contributed by atoms with Gasteiger partial charge in [-0.1, -0.05) is 0 Å². The highest BCUT2D eigenvalue weighted by Crippen LogP contribution is 2.36. The molecule has 0 amide bonds. The van der Waals surface area contributed by atoms with Gasteiger partial charge in [0.25, 0.3) is 0 Å². The van der Waals surface area contributed by atoms with E-state index in [1.54, 1.807) is 12.4 Å². The zero-order chi connectivity index (χ0) is 15.0. The Morgan fingerprint density at radius 1 is 1.00 bits per heavy atom. The highest BCUT2D eigenvalue weighted by atomic mass is 16.7. The van der Waals surface area contributed by atoms with E-state index in [2.05, 4.69) is 28.7 Å². The topological polar surface area (TPSA) is 47.5 Å². The second-order valence-corrected chi connectivity index (χ2v) is 6.06. The van der Waals surface area contributed by atoms with Crippen molar-refractivity contribution in [1.82, 2.24) is 9.97 Å². The van der Waals surface area contributed by atoms with E-state index in [4.69, 9.17) is 9.31 Å². The van der Waals surface area contributed by atoms with Crippen LogP contribution in [0.1, 0.15) is 41.5 Å². The maximum absolute atomic E-state index is 5.96. The highest BCUT2D eigenvalue weighted by molar-refractivity contribution is 6.61. The van der Waals surface area contributed by atoms with Gasteiger partial charge >= 0.3 is 7.12 Å². The standard InChI is InChI=1S/C14H24BN3O2/c1-7-18(8-2)12-10-16-11(9-17-12)15-19-13(3,4)14(5,6)20-15/h9-10H,7-8H2,1-6H3. The van der Waals surface area contributed by atoms with Crippen LogP contribution in [0.25, 0.3) is 0 Å². The van der Waals surface area contributed by atoms with Gasteiger partial charge in [0.2, 0.25) is 0 Å². The van der Waals surface area contributed by atoms with Crippen LogP contribution in [0.5, 0.6) is 0 Å². The van der Waals surface area contributed by atoms with E-state index < -0.39 is 7.12 Å². The fourth-order valence-electron chi connectivity index (χ4n) is 2.13. The Morgan fingerprint density at radius 2 is 1.55 bits per heavy atom. The zero-order valence-corrected chi connectivity index (χ0v) is 13.3. The van der Waals surface area contributed by atoms with Gasteiger partial charge in [0.1, 0.15) is 5.82 Å². The van der Waals surface area contributed by atoms with Gasteiger partial charge < -0.3 is 14.2 Å². The molecule has 1 fully saturated rings. The van der Waals surface area contributed by atoms with Crippen molar-refractivity contribution in [3.8, 4) is 0 Å². The SMILES string of the molecule is CCN(CC)c1cnc(B2OC(C)(C)C(C)(C)O2)cn1. The summed E-state index contributed by atoms with van der Waals surface area (Å²) in [5.41, 5.74) is 0.0212. The fraction of sp³-hybridized carbons (Fsp3) is 0.714. The summed E-state index contributed by atoms with van der Waals surface area (Å²) in [5, 5.41) is 0. The summed E-state index contributed by atoms with van der Waals surface area (Å²) in [6.45, 7) is 14.2. The molecule has 0 atom stereocenters. The Labute approximate surface area is 121 Å². The minimum atomic E-state index is -0.446. The van der Waals surface area contributed by atoms with E-state index in [1.807, 2.05) is 27.7 Å². The first-order chi connectivity index (χ1) is 9.30. The first-order valence-corrected chi connectivity index (χ1v) is 7.23. The van der Waals surface area contributed by atoms with E-state index in [9.17, 15) is 0 Å². The molecule has 5 nitrogen and oxygen atoms in total. The lowest BCUT2D eigenvalue weighted by Crippen LogP contribution is -2.41. The van der Waals surface area contributed by atoms with Gasteiger partial charge in [-0.3, -0.25) is 4.98 Å². The molecule has 0 spiro atoms. The molecular weight excluding hydrogens is 253 g/mol. The fourth-order valence-corrected chi connectivity index (χ4v) is 2.13. The number of nitrogens with zero attached hydrogens (tertiary/aromatic N) is 3. The summed E-state index contributed by atoms with van der Waals surface area (Å²) in [5.74, 6) is 0.885. The molecule has 1 aromatic rings. The third-order valence-electron chi connectivity index (χ3n) is 4.24. The molecule has 2 rings (SSSR count). The molecule has 2 heterocycles. The lowest BCUT2D eigenvalue weighted by molar-refractivity contribution is 0.00578. The predicted molar refractivity (Wildman–Crippen MR) is 81.3 cm³/mol. The van der Waals surface area contributed by atoms with E-state index >= 15 is 0 Å². The monoisotopic (exact) mass is 277 g/mol. The van der Waals surface area contributed by atoms with Crippen molar-refractivity contribution in [2.75, 3.05) is 18.0 Å². The predicted octanol–water partition coefficient (Wildman–Crippen LogP) is 1.62. The quantitative estimate of drug-likeness (QED) is 0.783. The molecule has 0 radical (unpaired) electrons. The molecular formula is C14H24BN3O2. The molecule has 20 heavy (non-hydrogen) atoms. The first kappa shape index (κ1) is 15.3. The van der Waals surface area contributed by atoms with Crippen molar-refractivity contribution < 1.29 is 9.31 Å². The average molecular weight is 277 g/mol. The third-order valence-corrected chi connectivity index (χ3v) is 4.24. The number of rotatable bonds is 4. The zero-order valence-electron chi connectivity index (χ0n) is 13.3. The van der Waals surface area contributed by atoms with E-state index in [0.717, 1.165) is 24.5 Å². The van der Waals surface area contributed by atoms with Crippen LogP contribution in [0.2, 0.25) is 0 Å². The van der Waals surface area contributed by atoms with Crippen LogP contribution >= 0.6 is 0 Å². The van der Waals surface area contributed by atoms with Gasteiger partial charge in [0, 0.05) is 19.3 Å². The van der Waals surface area contributed by atoms with E-state index in [-0.39, 0.29) is 11.2 Å². The van der Waals surface area contributed by atoms with Crippen LogP contribution in [0.3, 0.4) is 0 Å². The van der Waals surface area contributed by atoms with Gasteiger partial charge in [0.15, 0.2) is 0 Å². The Kier molecular flexibility index (Phi) is 4.07. The van der Waals surface area contributed by atoms with Gasteiger partial charge in [-0.05, 0) is 41.5 Å². The van der Waals surface area contributed by atoms with Gasteiger partial charge in [-0.2, -0.15) is 0 Å². The van der Waals surface area contributed by atoms with Crippen molar-refractivity contribution in [1.29, 1.82) is 0 Å². The number of anilines is 1. The summed E-state index contributed by atoms with van der Waals surface area (Å²) < 4.78 is 11.9. The van der Waals surface area contributed by atoms with E-state index in [1.165, 1.54) is 0 Å². The van der Waals surface area contributed by atoms with Crippen LogP contribution < -0.4 is 10.5 Å². The normalized spacial score (nSPS) is 20.2. The third kappa shape index (κ3) is 2.67. The molecule has 0 N–H and O–H groups in total. The van der Waals surface area contributed by atoms with Crippen LogP contribution in [0.15, 0.2) is 12.4 Å². The molecule has 0 aromatic carbocycles. The summed E-state index contributed by atoms with van der Waals surface area (Å²) in [7, 11) is -0.446. The van der Waals surface area contributed by atoms with Crippen LogP contribution in [0, 0.1) is 0 Å². The van der Waals surface area contributed by atoms with Crippen LogP contribution in [0.4, 0.5) is 5.82 Å². The number of aromatic nitrogens is 2. The van der Waals surface area contributed by atoms with Crippen molar-refractivity contribution >= 4 is 18.5 Å².